The first-order chi connectivity index (χ1) is 16.9. The lowest BCUT2D eigenvalue weighted by molar-refractivity contribution is -0.118. The van der Waals surface area contributed by atoms with Crippen molar-refractivity contribution in [3.63, 3.8) is 0 Å². The zero-order valence-electron chi connectivity index (χ0n) is 18.7. The molecule has 3 rings (SSSR count). The number of hydrogen-bond donors (Lipinski definition) is 2. The molecule has 10 heteroatoms. The van der Waals surface area contributed by atoms with E-state index < -0.39 is 30.8 Å². The van der Waals surface area contributed by atoms with E-state index in [0.29, 0.717) is 12.0 Å². The van der Waals surface area contributed by atoms with Gasteiger partial charge in [-0.25, -0.2) is 4.39 Å². The molecule has 0 aromatic heterocycles. The van der Waals surface area contributed by atoms with Gasteiger partial charge in [-0.2, -0.15) is 8.78 Å². The van der Waals surface area contributed by atoms with Crippen LogP contribution in [0.15, 0.2) is 66.7 Å². The summed E-state index contributed by atoms with van der Waals surface area (Å²) >= 11 is 0. The summed E-state index contributed by atoms with van der Waals surface area (Å²) in [6, 6.07) is 16.7. The molecular weight excluding hydrogens is 465 g/mol. The third-order valence-corrected chi connectivity index (χ3v) is 4.78. The Morgan fingerprint density at radius 2 is 1.69 bits per heavy atom. The average molecular weight is 488 g/mol. The number of carbonyl (C=O) groups excluding carboxylic acids is 2. The van der Waals surface area contributed by atoms with Crippen LogP contribution in [-0.2, 0) is 11.2 Å². The lowest BCUT2D eigenvalue weighted by atomic mass is 10.1. The number of rotatable bonds is 11. The molecule has 0 spiro atoms. The summed E-state index contributed by atoms with van der Waals surface area (Å²) in [7, 11) is 1.34. The number of benzene rings is 3. The Morgan fingerprint density at radius 3 is 2.43 bits per heavy atom. The van der Waals surface area contributed by atoms with Crippen molar-refractivity contribution >= 4 is 17.5 Å². The number of nitrogens with one attached hydrogen (secondary N) is 2. The van der Waals surface area contributed by atoms with E-state index in [4.69, 9.17) is 9.47 Å². The van der Waals surface area contributed by atoms with Gasteiger partial charge in [-0.1, -0.05) is 30.3 Å². The number of carbonyl (C=O) groups is 2. The molecule has 0 bridgehead atoms. The monoisotopic (exact) mass is 488 g/mol. The molecule has 0 unspecified atom stereocenters. The maximum Gasteiger partial charge on any atom is 0.387 e. The van der Waals surface area contributed by atoms with E-state index >= 15 is 0 Å². The minimum absolute atomic E-state index is 0.0211. The summed E-state index contributed by atoms with van der Waals surface area (Å²) in [5.41, 5.74) is 0.867. The predicted octanol–water partition coefficient (Wildman–Crippen LogP) is 4.43. The fourth-order valence-electron chi connectivity index (χ4n) is 3.15. The molecule has 2 N–H and O–H groups in total. The molecule has 0 aliphatic rings. The van der Waals surface area contributed by atoms with E-state index in [-0.39, 0.29) is 35.0 Å². The van der Waals surface area contributed by atoms with Crippen molar-refractivity contribution in [2.45, 2.75) is 13.0 Å². The number of halogens is 3. The molecule has 7 nitrogen and oxygen atoms in total. The summed E-state index contributed by atoms with van der Waals surface area (Å²) in [6.07, 6.45) is 0.337. The van der Waals surface area contributed by atoms with Crippen LogP contribution in [0.5, 0.6) is 17.2 Å². The topological polar surface area (TPSA) is 85.9 Å². The van der Waals surface area contributed by atoms with Gasteiger partial charge in [0.1, 0.15) is 11.6 Å². The second-order valence-electron chi connectivity index (χ2n) is 7.18. The van der Waals surface area contributed by atoms with Crippen LogP contribution in [0.4, 0.5) is 18.9 Å². The number of anilines is 1. The molecule has 0 heterocycles. The molecule has 35 heavy (non-hydrogen) atoms. The molecule has 0 fully saturated rings. The zero-order valence-corrected chi connectivity index (χ0v) is 18.7. The third-order valence-electron chi connectivity index (χ3n) is 4.78. The Kier molecular flexibility index (Phi) is 8.94. The van der Waals surface area contributed by atoms with Crippen LogP contribution in [0, 0.1) is 5.82 Å². The number of amides is 2. The van der Waals surface area contributed by atoms with E-state index in [2.05, 4.69) is 15.4 Å². The highest BCUT2D eigenvalue weighted by atomic mass is 19.3. The third kappa shape index (κ3) is 7.39. The van der Waals surface area contributed by atoms with Gasteiger partial charge in [-0.15, -0.1) is 0 Å². The summed E-state index contributed by atoms with van der Waals surface area (Å²) in [5.74, 6) is -1.38. The first-order valence-electron chi connectivity index (χ1n) is 10.5. The molecule has 3 aromatic rings. The number of methoxy groups -OCH3 is 1. The van der Waals surface area contributed by atoms with Crippen LogP contribution >= 0.6 is 0 Å². The van der Waals surface area contributed by atoms with Crippen LogP contribution in [0.1, 0.15) is 15.9 Å². The van der Waals surface area contributed by atoms with Crippen LogP contribution < -0.4 is 24.8 Å². The summed E-state index contributed by atoms with van der Waals surface area (Å²) in [4.78, 5) is 24.8. The Balaban J connectivity index is 1.56. The summed E-state index contributed by atoms with van der Waals surface area (Å²) < 4.78 is 53.8. The lowest BCUT2D eigenvalue weighted by Crippen LogP contribution is -2.27. The van der Waals surface area contributed by atoms with Crippen molar-refractivity contribution in [2.24, 2.45) is 0 Å². The van der Waals surface area contributed by atoms with E-state index in [0.717, 1.165) is 0 Å². The average Bonchev–Trinajstić information content (AvgIpc) is 2.84. The molecule has 0 saturated carbocycles. The molecule has 3 aromatic carbocycles. The highest BCUT2D eigenvalue weighted by Crippen LogP contribution is 2.29. The smallest absolute Gasteiger partial charge is 0.387 e. The van der Waals surface area contributed by atoms with Crippen molar-refractivity contribution in [3.8, 4) is 17.2 Å². The Morgan fingerprint density at radius 1 is 0.943 bits per heavy atom. The zero-order chi connectivity index (χ0) is 25.2. The SMILES string of the molecule is COc1ccc(CCNC(=O)c2ccccc2OCC(=O)Nc2ccccc2F)cc1OC(F)F. The normalized spacial score (nSPS) is 10.5. The Labute approximate surface area is 199 Å². The molecule has 0 aliphatic carbocycles. The van der Waals surface area contributed by atoms with Crippen LogP contribution in [0.25, 0.3) is 0 Å². The lowest BCUT2D eigenvalue weighted by Gasteiger charge is -2.13. The van der Waals surface area contributed by atoms with Gasteiger partial charge in [0.25, 0.3) is 11.8 Å². The molecule has 0 atom stereocenters. The Bertz CT molecular complexity index is 1170. The van der Waals surface area contributed by atoms with Gasteiger partial charge in [0.05, 0.1) is 18.4 Å². The predicted molar refractivity (Wildman–Crippen MR) is 123 cm³/mol. The first kappa shape index (κ1) is 25.4. The molecule has 0 saturated heterocycles. The highest BCUT2D eigenvalue weighted by molar-refractivity contribution is 5.97. The van der Waals surface area contributed by atoms with Crippen molar-refractivity contribution in [2.75, 3.05) is 25.6 Å². The summed E-state index contributed by atoms with van der Waals surface area (Å²) in [6.45, 7) is -3.23. The van der Waals surface area contributed by atoms with Crippen molar-refractivity contribution in [1.29, 1.82) is 0 Å². The first-order valence-corrected chi connectivity index (χ1v) is 10.5. The van der Waals surface area contributed by atoms with Gasteiger partial charge in [0.15, 0.2) is 18.1 Å². The maximum atomic E-state index is 13.7. The largest absolute Gasteiger partial charge is 0.493 e. The van der Waals surface area contributed by atoms with E-state index in [9.17, 15) is 22.8 Å². The minimum atomic E-state index is -3.00. The second kappa shape index (κ2) is 12.3. The van der Waals surface area contributed by atoms with Crippen LogP contribution in [0.3, 0.4) is 0 Å². The van der Waals surface area contributed by atoms with E-state index in [1.54, 1.807) is 24.3 Å². The van der Waals surface area contributed by atoms with Crippen LogP contribution in [0.2, 0.25) is 0 Å². The highest BCUT2D eigenvalue weighted by Gasteiger charge is 2.15. The van der Waals surface area contributed by atoms with Gasteiger partial charge in [-0.05, 0) is 48.4 Å². The fraction of sp³-hybridized carbons (Fsp3) is 0.200. The van der Waals surface area contributed by atoms with Crippen molar-refractivity contribution < 1.29 is 37.0 Å². The van der Waals surface area contributed by atoms with Crippen LogP contribution in [-0.4, -0.2) is 38.7 Å². The number of hydrogen-bond acceptors (Lipinski definition) is 5. The van der Waals surface area contributed by atoms with E-state index in [1.165, 1.54) is 49.6 Å². The van der Waals surface area contributed by atoms with Crippen molar-refractivity contribution in [3.05, 3.63) is 83.7 Å². The number of ether oxygens (including phenoxy) is 3. The van der Waals surface area contributed by atoms with Gasteiger partial charge < -0.3 is 24.8 Å². The number of alkyl halides is 2. The number of para-hydroxylation sites is 2. The quantitative estimate of drug-likeness (QED) is 0.417. The van der Waals surface area contributed by atoms with Crippen molar-refractivity contribution in [1.82, 2.24) is 5.32 Å². The molecule has 0 radical (unpaired) electrons. The minimum Gasteiger partial charge on any atom is -0.493 e. The molecule has 2 amide bonds. The van der Waals surface area contributed by atoms with E-state index in [1.807, 2.05) is 0 Å². The summed E-state index contributed by atoms with van der Waals surface area (Å²) in [5, 5.41) is 5.12. The van der Waals surface area contributed by atoms with Gasteiger partial charge >= 0.3 is 6.61 Å². The molecule has 184 valence electrons. The molecule has 0 aliphatic heterocycles. The maximum absolute atomic E-state index is 13.7. The second-order valence-corrected chi connectivity index (χ2v) is 7.18. The van der Waals surface area contributed by atoms with Gasteiger partial charge in [0, 0.05) is 6.54 Å². The fourth-order valence-corrected chi connectivity index (χ4v) is 3.15. The van der Waals surface area contributed by atoms with Gasteiger partial charge in [0.2, 0.25) is 0 Å². The molecular formula is C25H23F3N2O5. The van der Waals surface area contributed by atoms with Gasteiger partial charge in [-0.3, -0.25) is 9.59 Å². The standard InChI is InChI=1S/C25H23F3N2O5/c1-33-21-11-10-16(14-22(21)35-25(27)28)12-13-29-24(32)17-6-2-5-9-20(17)34-15-23(31)30-19-8-4-3-7-18(19)26/h2-11,14,25H,12-13,15H2,1H3,(H,29,32)(H,30,31). The Hall–Kier alpha value is -4.21.